The number of fused-ring (bicyclic) bond motifs is 1. The van der Waals surface area contributed by atoms with Crippen LogP contribution in [-0.4, -0.2) is 37.4 Å². The van der Waals surface area contributed by atoms with Gasteiger partial charge in [-0.25, -0.2) is 14.6 Å². The van der Waals surface area contributed by atoms with Crippen LogP contribution in [0.3, 0.4) is 0 Å². The third-order valence-electron chi connectivity index (χ3n) is 7.29. The fraction of sp³-hybridized carbons (Fsp3) is 0.433. The highest BCUT2D eigenvalue weighted by Crippen LogP contribution is 2.37. The molecule has 214 valence electrons. The van der Waals surface area contributed by atoms with Crippen molar-refractivity contribution in [1.29, 1.82) is 0 Å². The first-order valence-electron chi connectivity index (χ1n) is 13.4. The first-order chi connectivity index (χ1) is 18.5. The molecule has 0 saturated heterocycles. The lowest BCUT2D eigenvalue weighted by Crippen LogP contribution is -2.47. The molecular formula is C30H40IN5O2SSi. The molecule has 2 atom stereocenters. The fourth-order valence-corrected chi connectivity index (χ4v) is 6.28. The number of nitrogens with one attached hydrogen (secondary N) is 1. The first-order valence-corrected chi connectivity index (χ1v) is 18.6. The van der Waals surface area contributed by atoms with Gasteiger partial charge in [0.2, 0.25) is 0 Å². The SMILES string of the molecule is CC(I)(N[S@+]([O-])C(C)(C)C)c1cccc(-c2ccc3cn(-c4cccc(CO[Si](C)(C)C(C)(C)C)n4)nc3c2)n1. The van der Waals surface area contributed by atoms with Gasteiger partial charge in [0.1, 0.15) is 4.75 Å². The maximum Gasteiger partial charge on any atom is 0.192 e. The Morgan fingerprint density at radius 3 is 2.35 bits per heavy atom. The molecule has 10 heteroatoms. The summed E-state index contributed by atoms with van der Waals surface area (Å²) in [7, 11) is -1.87. The molecular weight excluding hydrogens is 649 g/mol. The summed E-state index contributed by atoms with van der Waals surface area (Å²) in [5, 5.41) is 6.00. The van der Waals surface area contributed by atoms with Crippen molar-refractivity contribution in [2.24, 2.45) is 0 Å². The molecule has 40 heavy (non-hydrogen) atoms. The monoisotopic (exact) mass is 689 g/mol. The molecule has 4 aromatic rings. The zero-order valence-corrected chi connectivity index (χ0v) is 28.8. The summed E-state index contributed by atoms with van der Waals surface area (Å²) < 4.78 is 23.2. The second-order valence-electron chi connectivity index (χ2n) is 12.8. The second kappa shape index (κ2) is 11.4. The Balaban J connectivity index is 1.57. The number of nitrogens with zero attached hydrogens (tertiary/aromatic N) is 4. The lowest BCUT2D eigenvalue weighted by molar-refractivity contribution is 0.272. The van der Waals surface area contributed by atoms with Crippen molar-refractivity contribution in [3.63, 3.8) is 0 Å². The summed E-state index contributed by atoms with van der Waals surface area (Å²) in [5.41, 5.74) is 4.37. The van der Waals surface area contributed by atoms with Crippen molar-refractivity contribution in [3.05, 3.63) is 72.2 Å². The molecule has 0 amide bonds. The first kappa shape index (κ1) is 31.1. The van der Waals surface area contributed by atoms with Gasteiger partial charge in [-0.05, 0) is 76.2 Å². The Bertz CT molecular complexity index is 1490. The average Bonchev–Trinajstić information content (AvgIpc) is 3.30. The molecule has 7 nitrogen and oxygen atoms in total. The average molecular weight is 690 g/mol. The third kappa shape index (κ3) is 7.14. The van der Waals surface area contributed by atoms with E-state index < -0.39 is 23.2 Å². The summed E-state index contributed by atoms with van der Waals surface area (Å²) in [4.78, 5) is 9.76. The van der Waals surface area contributed by atoms with Crippen LogP contribution < -0.4 is 4.72 Å². The predicted octanol–water partition coefficient (Wildman–Crippen LogP) is 7.66. The summed E-state index contributed by atoms with van der Waals surface area (Å²) in [6.07, 6.45) is 2.00. The molecule has 0 aliphatic rings. The Morgan fingerprint density at radius 1 is 0.975 bits per heavy atom. The number of hydrogen-bond acceptors (Lipinski definition) is 6. The van der Waals surface area contributed by atoms with E-state index in [1.54, 1.807) is 0 Å². The highest BCUT2D eigenvalue weighted by atomic mass is 127. The Morgan fingerprint density at radius 2 is 1.68 bits per heavy atom. The summed E-state index contributed by atoms with van der Waals surface area (Å²) in [6, 6.07) is 18.1. The van der Waals surface area contributed by atoms with Crippen LogP contribution in [0, 0.1) is 0 Å². The molecule has 0 spiro atoms. The van der Waals surface area contributed by atoms with Gasteiger partial charge in [0, 0.05) is 28.5 Å². The van der Waals surface area contributed by atoms with Gasteiger partial charge in [-0.3, -0.25) is 0 Å². The van der Waals surface area contributed by atoms with Gasteiger partial charge in [0.05, 0.1) is 29.2 Å². The smallest absolute Gasteiger partial charge is 0.192 e. The Hall–Kier alpha value is -1.83. The van der Waals surface area contributed by atoms with Crippen LogP contribution in [0.2, 0.25) is 18.1 Å². The number of pyridine rings is 2. The second-order valence-corrected chi connectivity index (χ2v) is 21.7. The quantitative estimate of drug-likeness (QED) is 0.0672. The molecule has 3 heterocycles. The van der Waals surface area contributed by atoms with Crippen LogP contribution in [0.4, 0.5) is 0 Å². The van der Waals surface area contributed by atoms with E-state index in [4.69, 9.17) is 19.5 Å². The molecule has 1 aromatic carbocycles. The molecule has 4 rings (SSSR count). The van der Waals surface area contributed by atoms with E-state index in [9.17, 15) is 4.55 Å². The molecule has 0 saturated carbocycles. The van der Waals surface area contributed by atoms with Crippen molar-refractivity contribution >= 4 is 53.2 Å². The van der Waals surface area contributed by atoms with E-state index in [-0.39, 0.29) is 9.79 Å². The van der Waals surface area contributed by atoms with Crippen molar-refractivity contribution in [1.82, 2.24) is 24.5 Å². The van der Waals surface area contributed by atoms with E-state index in [1.807, 2.05) is 81.0 Å². The van der Waals surface area contributed by atoms with Gasteiger partial charge in [-0.1, -0.05) is 67.6 Å². The molecule has 0 bridgehead atoms. The predicted molar refractivity (Wildman–Crippen MR) is 176 cm³/mol. The minimum Gasteiger partial charge on any atom is -0.598 e. The van der Waals surface area contributed by atoms with Crippen molar-refractivity contribution in [3.8, 4) is 17.1 Å². The number of halogens is 1. The summed E-state index contributed by atoms with van der Waals surface area (Å²) in [5.74, 6) is 0.757. The van der Waals surface area contributed by atoms with Crippen LogP contribution in [0.25, 0.3) is 28.0 Å². The number of rotatable bonds is 8. The molecule has 1 N–H and O–H groups in total. The topological polar surface area (TPSA) is 87.9 Å². The zero-order chi connectivity index (χ0) is 29.5. The van der Waals surface area contributed by atoms with Crippen LogP contribution >= 0.6 is 22.6 Å². The van der Waals surface area contributed by atoms with Gasteiger partial charge in [0.15, 0.2) is 17.7 Å². The highest BCUT2D eigenvalue weighted by molar-refractivity contribution is 14.1. The van der Waals surface area contributed by atoms with E-state index in [0.29, 0.717) is 6.61 Å². The van der Waals surface area contributed by atoms with Crippen molar-refractivity contribution in [2.45, 2.75) is 81.5 Å². The maximum absolute atomic E-state index is 12.8. The van der Waals surface area contributed by atoms with Crippen LogP contribution in [0.15, 0.2) is 60.8 Å². The standard InChI is InChI=1S/C30H40IN5O2SSi/c1-28(2,3)39(37)35-30(7,31)26-14-11-13-24(33-26)21-16-17-22-19-36(34-25(22)18-21)27-15-10-12-23(32-27)20-38-40(8,9)29(4,5)6/h10-19,35H,20H2,1-9H3/t30?,39-/m1/s1. The minimum atomic E-state index is -1.87. The molecule has 0 radical (unpaired) electrons. The maximum atomic E-state index is 12.8. The normalized spacial score (nSPS) is 15.3. The van der Waals surface area contributed by atoms with Crippen LogP contribution in [0.5, 0.6) is 0 Å². The third-order valence-corrected chi connectivity index (χ3v) is 14.7. The van der Waals surface area contributed by atoms with Crippen molar-refractivity contribution in [2.75, 3.05) is 0 Å². The highest BCUT2D eigenvalue weighted by Gasteiger charge is 2.37. The van der Waals surface area contributed by atoms with Crippen LogP contribution in [0.1, 0.15) is 59.9 Å². The lowest BCUT2D eigenvalue weighted by atomic mass is 10.1. The van der Waals surface area contributed by atoms with Gasteiger partial charge < -0.3 is 8.98 Å². The Labute approximate surface area is 256 Å². The van der Waals surface area contributed by atoms with Gasteiger partial charge in [0.25, 0.3) is 0 Å². The lowest BCUT2D eigenvalue weighted by Gasteiger charge is -2.36. The zero-order valence-electron chi connectivity index (χ0n) is 24.9. The summed E-state index contributed by atoms with van der Waals surface area (Å²) in [6.45, 7) is 19.6. The molecule has 0 aliphatic carbocycles. The van der Waals surface area contributed by atoms with E-state index in [1.165, 1.54) is 0 Å². The van der Waals surface area contributed by atoms with E-state index >= 15 is 0 Å². The number of aromatic nitrogens is 4. The fourth-order valence-electron chi connectivity index (χ4n) is 3.68. The molecule has 3 aromatic heterocycles. The Kier molecular flexibility index (Phi) is 8.90. The van der Waals surface area contributed by atoms with E-state index in [2.05, 4.69) is 73.3 Å². The largest absolute Gasteiger partial charge is 0.598 e. The van der Waals surface area contributed by atoms with Gasteiger partial charge in [-0.2, -0.15) is 5.10 Å². The minimum absolute atomic E-state index is 0.146. The van der Waals surface area contributed by atoms with Crippen molar-refractivity contribution < 1.29 is 8.98 Å². The molecule has 0 aliphatic heterocycles. The molecule has 0 fully saturated rings. The number of hydrogen-bond donors (Lipinski definition) is 1. The molecule has 1 unspecified atom stereocenters. The van der Waals surface area contributed by atoms with Crippen LogP contribution in [-0.2, 0) is 25.9 Å². The number of alkyl halides is 1. The summed E-state index contributed by atoms with van der Waals surface area (Å²) >= 11 is 1.05. The number of benzene rings is 1. The van der Waals surface area contributed by atoms with Gasteiger partial charge in [-0.15, -0.1) is 4.72 Å². The van der Waals surface area contributed by atoms with E-state index in [0.717, 1.165) is 39.4 Å². The van der Waals surface area contributed by atoms with Gasteiger partial charge >= 0.3 is 0 Å².